The second kappa shape index (κ2) is 8.39. The monoisotopic (exact) mass is 344 g/mol. The fourth-order valence-electron chi connectivity index (χ4n) is 2.34. The first kappa shape index (κ1) is 18.6. The van der Waals surface area contributed by atoms with E-state index in [1.807, 2.05) is 18.2 Å². The molecule has 0 fully saturated rings. The van der Waals surface area contributed by atoms with Gasteiger partial charge in [-0.05, 0) is 30.2 Å². The van der Waals surface area contributed by atoms with Crippen LogP contribution in [0.2, 0.25) is 0 Å². The van der Waals surface area contributed by atoms with E-state index in [2.05, 4.69) is 5.32 Å². The average molecular weight is 344 g/mol. The molecule has 7 nitrogen and oxygen atoms in total. The van der Waals surface area contributed by atoms with E-state index < -0.39 is 30.1 Å². The van der Waals surface area contributed by atoms with Crippen LogP contribution in [0.5, 0.6) is 0 Å². The largest absolute Gasteiger partial charge is 0.391 e. The molecule has 0 heterocycles. The molecule has 2 rings (SSSR count). The van der Waals surface area contributed by atoms with Crippen LogP contribution >= 0.6 is 0 Å². The van der Waals surface area contributed by atoms with Gasteiger partial charge in [-0.2, -0.15) is 0 Å². The van der Waals surface area contributed by atoms with E-state index in [0.717, 1.165) is 5.56 Å². The zero-order chi connectivity index (χ0) is 18.4. The maximum atomic E-state index is 12.2. The first-order valence-electron chi connectivity index (χ1n) is 7.70. The highest BCUT2D eigenvalue weighted by molar-refractivity contribution is 5.97. The minimum absolute atomic E-state index is 0.250. The first-order chi connectivity index (χ1) is 11.9. The Bertz CT molecular complexity index is 716. The van der Waals surface area contributed by atoms with Crippen LogP contribution in [0.3, 0.4) is 0 Å². The minimum atomic E-state index is -1.29. The summed E-state index contributed by atoms with van der Waals surface area (Å²) >= 11 is 0. The number of carbonyl (C=O) groups excluding carboxylic acids is 2. The molecule has 2 amide bonds. The average Bonchev–Trinajstić information content (AvgIpc) is 2.65. The van der Waals surface area contributed by atoms with Crippen molar-refractivity contribution in [1.82, 2.24) is 10.8 Å². The molecule has 132 valence electrons. The molecule has 0 spiro atoms. The number of nitrogens with one attached hydrogen (secondary N) is 2. The summed E-state index contributed by atoms with van der Waals surface area (Å²) in [4.78, 5) is 23.6. The van der Waals surface area contributed by atoms with Crippen molar-refractivity contribution in [2.75, 3.05) is 0 Å². The van der Waals surface area contributed by atoms with E-state index in [1.54, 1.807) is 24.3 Å². The molecule has 0 aromatic heterocycles. The van der Waals surface area contributed by atoms with Gasteiger partial charge in [-0.1, -0.05) is 42.5 Å². The normalized spacial score (nSPS) is 14.2. The lowest BCUT2D eigenvalue weighted by atomic mass is 10.00. The summed E-state index contributed by atoms with van der Waals surface area (Å²) in [5.41, 5.74) is 2.99. The highest BCUT2D eigenvalue weighted by atomic mass is 16.5. The summed E-state index contributed by atoms with van der Waals surface area (Å²) in [6.07, 6.45) is -2.00. The standard InChI is InChI=1S/C18H20N2O5/c1-11(21)15(18(24)20-25)19-17(23)14-9-7-13(8-10-14)16(22)12-5-3-2-4-6-12/h2-11,15-16,21-22,25H,1H3,(H,19,23)(H,20,24). The molecular formula is C18H20N2O5. The van der Waals surface area contributed by atoms with Gasteiger partial charge < -0.3 is 15.5 Å². The molecule has 2 aromatic rings. The number of aliphatic hydroxyl groups is 2. The molecule has 0 saturated heterocycles. The maximum Gasteiger partial charge on any atom is 0.268 e. The number of amides is 2. The van der Waals surface area contributed by atoms with Crippen LogP contribution in [0.25, 0.3) is 0 Å². The van der Waals surface area contributed by atoms with Gasteiger partial charge in [-0.3, -0.25) is 14.8 Å². The summed E-state index contributed by atoms with van der Waals surface area (Å²) in [5, 5.41) is 30.9. The molecule has 3 atom stereocenters. The number of hydrogen-bond acceptors (Lipinski definition) is 5. The van der Waals surface area contributed by atoms with Crippen molar-refractivity contribution in [1.29, 1.82) is 0 Å². The van der Waals surface area contributed by atoms with Gasteiger partial charge in [0.25, 0.3) is 11.8 Å². The number of aliphatic hydroxyl groups excluding tert-OH is 2. The third-order valence-corrected chi connectivity index (χ3v) is 3.77. The van der Waals surface area contributed by atoms with Gasteiger partial charge in [0.2, 0.25) is 0 Å². The lowest BCUT2D eigenvalue weighted by molar-refractivity contribution is -0.133. The van der Waals surface area contributed by atoms with Crippen molar-refractivity contribution >= 4 is 11.8 Å². The minimum Gasteiger partial charge on any atom is -0.391 e. The summed E-state index contributed by atoms with van der Waals surface area (Å²) < 4.78 is 0. The van der Waals surface area contributed by atoms with Crippen molar-refractivity contribution < 1.29 is 25.0 Å². The first-order valence-corrected chi connectivity index (χ1v) is 7.70. The van der Waals surface area contributed by atoms with Crippen molar-refractivity contribution in [2.45, 2.75) is 25.2 Å². The molecule has 25 heavy (non-hydrogen) atoms. The number of hydrogen-bond donors (Lipinski definition) is 5. The molecule has 3 unspecified atom stereocenters. The number of carbonyl (C=O) groups is 2. The Balaban J connectivity index is 2.11. The van der Waals surface area contributed by atoms with Crippen molar-refractivity contribution in [2.24, 2.45) is 0 Å². The van der Waals surface area contributed by atoms with Crippen LogP contribution in [0.15, 0.2) is 54.6 Å². The van der Waals surface area contributed by atoms with E-state index in [-0.39, 0.29) is 5.56 Å². The van der Waals surface area contributed by atoms with Gasteiger partial charge in [-0.15, -0.1) is 0 Å². The molecule has 5 N–H and O–H groups in total. The smallest absolute Gasteiger partial charge is 0.268 e. The Morgan fingerprint density at radius 3 is 2.00 bits per heavy atom. The molecule has 0 aliphatic rings. The molecule has 2 aromatic carbocycles. The Hall–Kier alpha value is -2.74. The van der Waals surface area contributed by atoms with Crippen LogP contribution in [0.1, 0.15) is 34.5 Å². The maximum absolute atomic E-state index is 12.2. The van der Waals surface area contributed by atoms with Gasteiger partial charge in [0.05, 0.1) is 6.10 Å². The third kappa shape index (κ3) is 4.63. The Kier molecular flexibility index (Phi) is 6.24. The molecule has 0 saturated carbocycles. The Morgan fingerprint density at radius 2 is 1.48 bits per heavy atom. The molecule has 7 heteroatoms. The van der Waals surface area contributed by atoms with E-state index in [9.17, 15) is 19.8 Å². The van der Waals surface area contributed by atoms with Crippen LogP contribution < -0.4 is 10.8 Å². The fraction of sp³-hybridized carbons (Fsp3) is 0.222. The predicted molar refractivity (Wildman–Crippen MR) is 89.8 cm³/mol. The fourth-order valence-corrected chi connectivity index (χ4v) is 2.34. The van der Waals surface area contributed by atoms with Crippen LogP contribution in [0, 0.1) is 0 Å². The van der Waals surface area contributed by atoms with Gasteiger partial charge >= 0.3 is 0 Å². The van der Waals surface area contributed by atoms with Crippen LogP contribution in [0.4, 0.5) is 0 Å². The highest BCUT2D eigenvalue weighted by Gasteiger charge is 2.25. The van der Waals surface area contributed by atoms with Gasteiger partial charge in [0.1, 0.15) is 12.1 Å². The van der Waals surface area contributed by atoms with Gasteiger partial charge in [0.15, 0.2) is 0 Å². The van der Waals surface area contributed by atoms with Gasteiger partial charge in [0, 0.05) is 5.56 Å². The molecule has 0 aliphatic carbocycles. The van der Waals surface area contributed by atoms with Crippen LogP contribution in [-0.2, 0) is 4.79 Å². The van der Waals surface area contributed by atoms with Gasteiger partial charge in [-0.25, -0.2) is 5.48 Å². The topological polar surface area (TPSA) is 119 Å². The second-order valence-electron chi connectivity index (χ2n) is 5.60. The Morgan fingerprint density at radius 1 is 0.920 bits per heavy atom. The van der Waals surface area contributed by atoms with Crippen LogP contribution in [-0.4, -0.2) is 39.4 Å². The summed E-state index contributed by atoms with van der Waals surface area (Å²) in [6.45, 7) is 1.32. The predicted octanol–water partition coefficient (Wildman–Crippen LogP) is 0.753. The summed E-state index contributed by atoms with van der Waals surface area (Å²) in [7, 11) is 0. The SMILES string of the molecule is CC(O)C(NC(=O)c1ccc(C(O)c2ccccc2)cc1)C(=O)NO. The van der Waals surface area contributed by atoms with E-state index >= 15 is 0 Å². The quantitative estimate of drug-likeness (QED) is 0.391. The lowest BCUT2D eigenvalue weighted by Crippen LogP contribution is -2.51. The molecule has 0 aliphatic heterocycles. The molecular weight excluding hydrogens is 324 g/mol. The zero-order valence-electron chi connectivity index (χ0n) is 13.6. The van der Waals surface area contributed by atoms with E-state index in [4.69, 9.17) is 5.21 Å². The number of benzene rings is 2. The molecule has 0 bridgehead atoms. The lowest BCUT2D eigenvalue weighted by Gasteiger charge is -2.19. The van der Waals surface area contributed by atoms with E-state index in [0.29, 0.717) is 5.56 Å². The summed E-state index contributed by atoms with van der Waals surface area (Å²) in [6, 6.07) is 14.0. The van der Waals surface area contributed by atoms with Crippen molar-refractivity contribution in [3.8, 4) is 0 Å². The summed E-state index contributed by atoms with van der Waals surface area (Å²) in [5.74, 6) is -1.50. The number of rotatable bonds is 6. The van der Waals surface area contributed by atoms with Crippen molar-refractivity contribution in [3.63, 3.8) is 0 Å². The van der Waals surface area contributed by atoms with Crippen molar-refractivity contribution in [3.05, 3.63) is 71.3 Å². The third-order valence-electron chi connectivity index (χ3n) is 3.77. The van der Waals surface area contributed by atoms with E-state index in [1.165, 1.54) is 24.5 Å². The molecule has 0 radical (unpaired) electrons. The highest BCUT2D eigenvalue weighted by Crippen LogP contribution is 2.21. The Labute approximate surface area is 144 Å². The zero-order valence-corrected chi connectivity index (χ0v) is 13.6. The second-order valence-corrected chi connectivity index (χ2v) is 5.60. The number of hydroxylamine groups is 1.